The average molecular weight is 393 g/mol. The highest BCUT2D eigenvalue weighted by Gasteiger charge is 2.30. The van der Waals surface area contributed by atoms with Crippen molar-refractivity contribution in [1.29, 1.82) is 0 Å². The lowest BCUT2D eigenvalue weighted by Crippen LogP contribution is -2.35. The lowest BCUT2D eigenvalue weighted by molar-refractivity contribution is -0.137. The summed E-state index contributed by atoms with van der Waals surface area (Å²) in [5, 5.41) is 12.1. The summed E-state index contributed by atoms with van der Waals surface area (Å²) < 4.78 is 49.0. The number of hydrogen-bond donors (Lipinski definition) is 2. The number of halogens is 3. The second-order valence-corrected chi connectivity index (χ2v) is 6.53. The van der Waals surface area contributed by atoms with Crippen molar-refractivity contribution in [3.8, 4) is 11.5 Å². The summed E-state index contributed by atoms with van der Waals surface area (Å²) in [6, 6.07) is 7.13. The van der Waals surface area contributed by atoms with E-state index in [0.717, 1.165) is 24.3 Å². The maximum absolute atomic E-state index is 12.7. The van der Waals surface area contributed by atoms with Gasteiger partial charge in [-0.3, -0.25) is 4.79 Å². The van der Waals surface area contributed by atoms with Crippen molar-refractivity contribution in [2.45, 2.75) is 18.7 Å². The number of carbonyl (C=O) groups excluding carboxylic acids is 1. The first-order valence-corrected chi connectivity index (χ1v) is 8.35. The number of fused-ring (bicyclic) bond motifs is 1. The molecule has 28 heavy (non-hydrogen) atoms. The van der Waals surface area contributed by atoms with Gasteiger partial charge in [0.15, 0.2) is 0 Å². The number of alkyl halides is 3. The van der Waals surface area contributed by atoms with Crippen LogP contribution in [0.15, 0.2) is 42.5 Å². The zero-order chi connectivity index (χ0) is 20.5. The maximum Gasteiger partial charge on any atom is 0.416 e. The Morgan fingerprint density at radius 2 is 1.93 bits per heavy atom. The number of methoxy groups -OCH3 is 1. The second-order valence-electron chi connectivity index (χ2n) is 6.53. The summed E-state index contributed by atoms with van der Waals surface area (Å²) in [6.45, 7) is 1.51. The van der Waals surface area contributed by atoms with E-state index in [4.69, 9.17) is 9.47 Å². The van der Waals surface area contributed by atoms with Crippen LogP contribution in [-0.2, 0) is 6.18 Å². The fraction of sp³-hybridized carbons (Fsp3) is 0.250. The van der Waals surface area contributed by atoms with Gasteiger partial charge in [-0.2, -0.15) is 13.2 Å². The van der Waals surface area contributed by atoms with E-state index in [2.05, 4.69) is 5.32 Å². The Morgan fingerprint density at radius 3 is 2.50 bits per heavy atom. The smallest absolute Gasteiger partial charge is 0.416 e. The van der Waals surface area contributed by atoms with E-state index in [9.17, 15) is 23.1 Å². The number of hydrogen-bond acceptors (Lipinski definition) is 4. The lowest BCUT2D eigenvalue weighted by atomic mass is 10.0. The minimum atomic E-state index is -4.47. The van der Waals surface area contributed by atoms with Gasteiger partial charge in [0, 0.05) is 17.2 Å². The molecule has 3 rings (SSSR count). The van der Waals surface area contributed by atoms with Gasteiger partial charge in [0.05, 0.1) is 25.0 Å². The van der Waals surface area contributed by atoms with E-state index in [0.29, 0.717) is 22.7 Å². The van der Waals surface area contributed by atoms with E-state index in [1.165, 1.54) is 7.11 Å². The second kappa shape index (κ2) is 7.20. The fourth-order valence-corrected chi connectivity index (χ4v) is 2.70. The number of nitrogens with one attached hydrogen (secondary N) is 1. The molecule has 1 aliphatic rings. The molecular formula is C20H18F3NO4. The molecule has 0 radical (unpaired) electrons. The van der Waals surface area contributed by atoms with Crippen molar-refractivity contribution in [1.82, 2.24) is 0 Å². The Balaban J connectivity index is 1.85. The van der Waals surface area contributed by atoms with Crippen molar-refractivity contribution in [2.75, 3.05) is 19.0 Å². The van der Waals surface area contributed by atoms with Gasteiger partial charge in [0.1, 0.15) is 17.1 Å². The number of aliphatic hydroxyl groups excluding tert-OH is 1. The van der Waals surface area contributed by atoms with Crippen molar-refractivity contribution < 1.29 is 32.5 Å². The summed E-state index contributed by atoms with van der Waals surface area (Å²) in [4.78, 5) is 12.4. The van der Waals surface area contributed by atoms with Gasteiger partial charge in [-0.1, -0.05) is 6.08 Å². The fourth-order valence-electron chi connectivity index (χ4n) is 2.70. The summed E-state index contributed by atoms with van der Waals surface area (Å²) >= 11 is 0. The molecule has 0 bridgehead atoms. The van der Waals surface area contributed by atoms with Crippen LogP contribution >= 0.6 is 0 Å². The Bertz CT molecular complexity index is 922. The standard InChI is InChI=1S/C20H18F3NO4/c1-19(11-25)8-7-13-9-15(17(27-2)10-16(13)28-19)24-18(26)12-3-5-14(6-4-12)20(21,22)23/h3-10,25H,11H2,1-2H3,(H,24,26). The zero-order valence-electron chi connectivity index (χ0n) is 15.1. The monoisotopic (exact) mass is 393 g/mol. The molecule has 5 nitrogen and oxygen atoms in total. The highest BCUT2D eigenvalue weighted by Crippen LogP contribution is 2.38. The van der Waals surface area contributed by atoms with Gasteiger partial charge in [0.25, 0.3) is 5.91 Å². The molecule has 2 aromatic rings. The summed E-state index contributed by atoms with van der Waals surface area (Å²) in [5.74, 6) is 0.214. The van der Waals surface area contributed by atoms with Crippen molar-refractivity contribution in [2.24, 2.45) is 0 Å². The number of ether oxygens (including phenoxy) is 2. The van der Waals surface area contributed by atoms with Gasteiger partial charge in [0.2, 0.25) is 0 Å². The summed E-state index contributed by atoms with van der Waals surface area (Å²) in [6.07, 6.45) is -1.02. The third-order valence-electron chi connectivity index (χ3n) is 4.33. The molecule has 1 amide bonds. The van der Waals surface area contributed by atoms with Gasteiger partial charge in [-0.05, 0) is 43.3 Å². The molecular weight excluding hydrogens is 375 g/mol. The molecule has 0 aliphatic carbocycles. The van der Waals surface area contributed by atoms with Gasteiger partial charge in [-0.15, -0.1) is 0 Å². The molecule has 1 aliphatic heterocycles. The molecule has 148 valence electrons. The van der Waals surface area contributed by atoms with Gasteiger partial charge >= 0.3 is 6.18 Å². The Morgan fingerprint density at radius 1 is 1.25 bits per heavy atom. The SMILES string of the molecule is COc1cc2c(cc1NC(=O)c1ccc(C(F)(F)F)cc1)C=CC(C)(CO)O2. The highest BCUT2D eigenvalue weighted by molar-refractivity contribution is 6.05. The normalized spacial score (nSPS) is 18.2. The van der Waals surface area contributed by atoms with Crippen LogP contribution in [0.1, 0.15) is 28.4 Å². The molecule has 8 heteroatoms. The molecule has 0 spiro atoms. The highest BCUT2D eigenvalue weighted by atomic mass is 19.4. The van der Waals surface area contributed by atoms with Crippen LogP contribution in [0.3, 0.4) is 0 Å². The van der Waals surface area contributed by atoms with Crippen LogP contribution in [-0.4, -0.2) is 30.3 Å². The number of anilines is 1. The van der Waals surface area contributed by atoms with Gasteiger partial charge < -0.3 is 19.9 Å². The van der Waals surface area contributed by atoms with Crippen LogP contribution in [0.25, 0.3) is 6.08 Å². The van der Waals surface area contributed by atoms with E-state index in [1.807, 2.05) is 0 Å². The number of carbonyl (C=O) groups is 1. The lowest BCUT2D eigenvalue weighted by Gasteiger charge is -2.30. The minimum Gasteiger partial charge on any atom is -0.494 e. The number of aliphatic hydroxyl groups is 1. The molecule has 0 fully saturated rings. The van der Waals surface area contributed by atoms with E-state index in [-0.39, 0.29) is 12.2 Å². The van der Waals surface area contributed by atoms with E-state index < -0.39 is 23.2 Å². The predicted octanol–water partition coefficient (Wildman–Crippen LogP) is 4.12. The maximum atomic E-state index is 12.7. The number of rotatable bonds is 4. The first-order chi connectivity index (χ1) is 13.1. The number of amides is 1. The third kappa shape index (κ3) is 3.96. The van der Waals surface area contributed by atoms with Crippen LogP contribution in [0, 0.1) is 0 Å². The largest absolute Gasteiger partial charge is 0.494 e. The first-order valence-electron chi connectivity index (χ1n) is 8.35. The third-order valence-corrected chi connectivity index (χ3v) is 4.33. The molecule has 0 aromatic heterocycles. The first kappa shape index (κ1) is 19.8. The summed E-state index contributed by atoms with van der Waals surface area (Å²) in [5.41, 5.74) is -0.610. The van der Waals surface area contributed by atoms with Crippen LogP contribution in [0.2, 0.25) is 0 Å². The topological polar surface area (TPSA) is 67.8 Å². The van der Waals surface area contributed by atoms with E-state index >= 15 is 0 Å². The van der Waals surface area contributed by atoms with E-state index in [1.54, 1.807) is 31.2 Å². The molecule has 1 atom stereocenters. The van der Waals surface area contributed by atoms with Crippen LogP contribution in [0.5, 0.6) is 11.5 Å². The molecule has 2 N–H and O–H groups in total. The molecule has 2 aromatic carbocycles. The Hall–Kier alpha value is -3.00. The Labute approximate surface area is 159 Å². The predicted molar refractivity (Wildman–Crippen MR) is 97.5 cm³/mol. The van der Waals surface area contributed by atoms with Crippen molar-refractivity contribution in [3.63, 3.8) is 0 Å². The molecule has 0 saturated heterocycles. The molecule has 1 unspecified atom stereocenters. The number of benzene rings is 2. The van der Waals surface area contributed by atoms with Crippen molar-refractivity contribution >= 4 is 17.7 Å². The average Bonchev–Trinajstić information content (AvgIpc) is 2.67. The molecule has 1 heterocycles. The van der Waals surface area contributed by atoms with Gasteiger partial charge in [-0.25, -0.2) is 0 Å². The van der Waals surface area contributed by atoms with Crippen LogP contribution < -0.4 is 14.8 Å². The summed E-state index contributed by atoms with van der Waals surface area (Å²) in [7, 11) is 1.42. The Kier molecular flexibility index (Phi) is 5.08. The van der Waals surface area contributed by atoms with Crippen LogP contribution in [0.4, 0.5) is 18.9 Å². The van der Waals surface area contributed by atoms with Crippen molar-refractivity contribution in [3.05, 3.63) is 59.2 Å². The zero-order valence-corrected chi connectivity index (χ0v) is 15.1. The molecule has 0 saturated carbocycles. The quantitative estimate of drug-likeness (QED) is 0.820. The minimum absolute atomic E-state index is 0.0763.